The van der Waals surface area contributed by atoms with Crippen LogP contribution in [0.2, 0.25) is 0 Å². The van der Waals surface area contributed by atoms with E-state index in [1.54, 1.807) is 24.3 Å². The maximum absolute atomic E-state index is 13.5. The van der Waals surface area contributed by atoms with Crippen molar-refractivity contribution in [3.63, 3.8) is 0 Å². The molecule has 1 aliphatic heterocycles. The van der Waals surface area contributed by atoms with E-state index in [0.717, 1.165) is 11.3 Å². The number of benzene rings is 2. The molecule has 7 nitrogen and oxygen atoms in total. The second-order valence-electron chi connectivity index (χ2n) is 8.31. The number of ether oxygens (including phenoxy) is 2. The molecule has 0 radical (unpaired) electrons. The van der Waals surface area contributed by atoms with Gasteiger partial charge >= 0.3 is 0 Å². The van der Waals surface area contributed by atoms with Gasteiger partial charge in [-0.3, -0.25) is 9.59 Å². The molecular weight excluding hydrogens is 420 g/mol. The fraction of sp³-hybridized carbons (Fsp3) is 0.385. The normalized spacial score (nSPS) is 17.6. The van der Waals surface area contributed by atoms with Crippen molar-refractivity contribution in [2.75, 3.05) is 40.4 Å². The average Bonchev–Trinajstić information content (AvgIpc) is 3.06. The molecule has 0 bridgehead atoms. The van der Waals surface area contributed by atoms with Crippen LogP contribution in [0, 0.1) is 0 Å². The minimum absolute atomic E-state index is 0.0226. The maximum Gasteiger partial charge on any atom is 0.295 e. The molecule has 7 heteroatoms. The number of likely N-dealkylation sites (N-methyl/N-ethyl adjacent to an activating group) is 1. The zero-order chi connectivity index (χ0) is 24.0. The third-order valence-electron chi connectivity index (χ3n) is 5.46. The van der Waals surface area contributed by atoms with Crippen molar-refractivity contribution < 1.29 is 29.1 Å². The topological polar surface area (TPSA) is 83.3 Å². The van der Waals surface area contributed by atoms with Crippen LogP contribution in [0.15, 0.2) is 54.1 Å². The Morgan fingerprint density at radius 2 is 1.76 bits per heavy atom. The number of carbonyl (C=O) groups excluding carboxylic acids is 2. The van der Waals surface area contributed by atoms with E-state index in [9.17, 15) is 14.7 Å². The van der Waals surface area contributed by atoms with Crippen molar-refractivity contribution in [1.82, 2.24) is 4.90 Å². The van der Waals surface area contributed by atoms with E-state index < -0.39 is 23.5 Å². The summed E-state index contributed by atoms with van der Waals surface area (Å²) >= 11 is 0. The van der Waals surface area contributed by atoms with E-state index >= 15 is 0 Å². The number of likely N-dealkylation sites (tertiary alicyclic amines) is 1. The Hall–Kier alpha value is -3.32. The van der Waals surface area contributed by atoms with E-state index in [2.05, 4.69) is 0 Å². The van der Waals surface area contributed by atoms with Gasteiger partial charge in [-0.15, -0.1) is 0 Å². The summed E-state index contributed by atoms with van der Waals surface area (Å²) in [6.07, 6.45) is 0.857. The first-order valence-electron chi connectivity index (χ1n) is 11.4. The zero-order valence-electron chi connectivity index (χ0n) is 19.7. The lowest BCUT2D eigenvalue weighted by Gasteiger charge is -2.28. The van der Waals surface area contributed by atoms with Gasteiger partial charge < -0.3 is 24.4 Å². The molecule has 176 valence electrons. The summed E-state index contributed by atoms with van der Waals surface area (Å²) in [5, 5.41) is 13.5. The van der Waals surface area contributed by atoms with Crippen LogP contribution in [0.4, 0.5) is 0 Å². The van der Waals surface area contributed by atoms with Crippen molar-refractivity contribution in [1.29, 1.82) is 0 Å². The first-order chi connectivity index (χ1) is 15.9. The number of nitrogens with one attached hydrogen (secondary N) is 1. The molecule has 1 saturated heterocycles. The fourth-order valence-electron chi connectivity index (χ4n) is 3.81. The lowest BCUT2D eigenvalue weighted by molar-refractivity contribution is -0.857. The molecule has 3 rings (SSSR count). The van der Waals surface area contributed by atoms with Gasteiger partial charge in [0.1, 0.15) is 11.5 Å². The predicted octanol–water partition coefficient (Wildman–Crippen LogP) is 1.24. The van der Waals surface area contributed by atoms with Gasteiger partial charge in [-0.05, 0) is 48.7 Å². The van der Waals surface area contributed by atoms with Crippen LogP contribution in [0.25, 0.3) is 5.76 Å². The summed E-state index contributed by atoms with van der Waals surface area (Å²) in [6, 6.07) is 13.2. The van der Waals surface area contributed by atoms with Gasteiger partial charge in [0.15, 0.2) is 0 Å². The van der Waals surface area contributed by atoms with Crippen molar-refractivity contribution in [2.45, 2.75) is 26.3 Å². The first-order valence-corrected chi connectivity index (χ1v) is 11.4. The Balaban J connectivity index is 2.08. The minimum atomic E-state index is -0.756. The molecule has 1 aliphatic rings. The second kappa shape index (κ2) is 11.0. The summed E-state index contributed by atoms with van der Waals surface area (Å²) < 4.78 is 11.2. The molecule has 0 spiro atoms. The standard InChI is InChI=1S/C26H32N2O5/c1-5-16-33-21-9-7-8-19(17-21)23-22(25(30)26(31)28(23)15-14-27(3)4)24(29)18-10-12-20(13-11-18)32-6-2/h7-13,17,23,29H,5-6,14-16H2,1-4H3. The summed E-state index contributed by atoms with van der Waals surface area (Å²) in [5.41, 5.74) is 1.01. The highest BCUT2D eigenvalue weighted by molar-refractivity contribution is 6.46. The highest BCUT2D eigenvalue weighted by atomic mass is 16.5. The molecule has 0 aromatic heterocycles. The molecule has 1 heterocycles. The van der Waals surface area contributed by atoms with Gasteiger partial charge in [0.2, 0.25) is 5.78 Å². The number of rotatable bonds is 10. The van der Waals surface area contributed by atoms with Crippen molar-refractivity contribution in [3.8, 4) is 11.5 Å². The Bertz CT molecular complexity index is 1010. The third kappa shape index (κ3) is 5.54. The summed E-state index contributed by atoms with van der Waals surface area (Å²) in [5.74, 6) is -0.545. The molecule has 0 aliphatic carbocycles. The smallest absolute Gasteiger partial charge is 0.295 e. The molecule has 0 saturated carbocycles. The van der Waals surface area contributed by atoms with Crippen LogP contribution in [0.3, 0.4) is 0 Å². The lowest BCUT2D eigenvalue weighted by Crippen LogP contribution is -3.06. The van der Waals surface area contributed by atoms with Gasteiger partial charge in [-0.1, -0.05) is 36.9 Å². The van der Waals surface area contributed by atoms with Gasteiger partial charge in [-0.25, -0.2) is 0 Å². The average molecular weight is 453 g/mol. The van der Waals surface area contributed by atoms with Crippen LogP contribution >= 0.6 is 0 Å². The van der Waals surface area contributed by atoms with Gasteiger partial charge in [0, 0.05) is 5.57 Å². The molecule has 33 heavy (non-hydrogen) atoms. The van der Waals surface area contributed by atoms with E-state index in [-0.39, 0.29) is 5.57 Å². The number of hydrogen-bond acceptors (Lipinski definition) is 5. The first kappa shape index (κ1) is 24.3. The van der Waals surface area contributed by atoms with Crippen molar-refractivity contribution in [2.24, 2.45) is 0 Å². The number of hydrogen-bond donors (Lipinski definition) is 1. The molecule has 1 fully saturated rings. The minimum Gasteiger partial charge on any atom is -0.872 e. The van der Waals surface area contributed by atoms with Crippen LogP contribution in [-0.2, 0) is 9.59 Å². The SMILES string of the molecule is CCCOc1cccc(C2C(=C([O-])c3ccc(OCC)cc3)C(=O)C(=O)N2CC[NH+](C)C)c1. The fourth-order valence-corrected chi connectivity index (χ4v) is 3.81. The second-order valence-corrected chi connectivity index (χ2v) is 8.31. The molecule has 1 N–H and O–H groups in total. The molecular formula is C26H32N2O5. The Kier molecular flexibility index (Phi) is 8.11. The van der Waals surface area contributed by atoms with Crippen LogP contribution in [-0.4, -0.2) is 57.0 Å². The summed E-state index contributed by atoms with van der Waals surface area (Å²) in [7, 11) is 3.96. The van der Waals surface area contributed by atoms with Crippen molar-refractivity contribution >= 4 is 17.4 Å². The maximum atomic E-state index is 13.5. The van der Waals surface area contributed by atoms with E-state index in [0.29, 0.717) is 48.9 Å². The van der Waals surface area contributed by atoms with Gasteiger partial charge in [-0.2, -0.15) is 0 Å². The molecule has 1 unspecified atom stereocenters. The predicted molar refractivity (Wildman–Crippen MR) is 124 cm³/mol. The third-order valence-corrected chi connectivity index (χ3v) is 5.46. The highest BCUT2D eigenvalue weighted by Crippen LogP contribution is 2.39. The molecule has 1 amide bonds. The lowest BCUT2D eigenvalue weighted by atomic mass is 9.95. The number of carbonyl (C=O) groups is 2. The zero-order valence-corrected chi connectivity index (χ0v) is 19.7. The Labute approximate surface area is 195 Å². The van der Waals surface area contributed by atoms with Gasteiger partial charge in [0.25, 0.3) is 5.91 Å². The summed E-state index contributed by atoms with van der Waals surface area (Å²) in [6.45, 7) is 5.97. The largest absolute Gasteiger partial charge is 0.872 e. The number of quaternary nitrogens is 1. The van der Waals surface area contributed by atoms with Crippen LogP contribution in [0.1, 0.15) is 37.4 Å². The van der Waals surface area contributed by atoms with Crippen molar-refractivity contribution in [3.05, 3.63) is 65.2 Å². The number of ketones is 1. The molecule has 2 aromatic rings. The van der Waals surface area contributed by atoms with Crippen LogP contribution < -0.4 is 19.5 Å². The summed E-state index contributed by atoms with van der Waals surface area (Å²) in [4.78, 5) is 28.7. The van der Waals surface area contributed by atoms with Gasteiger partial charge in [0.05, 0.1) is 46.4 Å². The van der Waals surface area contributed by atoms with E-state index in [4.69, 9.17) is 9.47 Å². The molecule has 2 aromatic carbocycles. The number of nitrogens with zero attached hydrogens (tertiary/aromatic N) is 1. The van der Waals surface area contributed by atoms with E-state index in [1.807, 2.05) is 52.2 Å². The Morgan fingerprint density at radius 1 is 1.03 bits per heavy atom. The quantitative estimate of drug-likeness (QED) is 0.333. The highest BCUT2D eigenvalue weighted by Gasteiger charge is 2.44. The molecule has 1 atom stereocenters. The Morgan fingerprint density at radius 3 is 2.39 bits per heavy atom. The monoisotopic (exact) mass is 452 g/mol. The van der Waals surface area contributed by atoms with Crippen LogP contribution in [0.5, 0.6) is 11.5 Å². The van der Waals surface area contributed by atoms with E-state index in [1.165, 1.54) is 4.90 Å². The number of Topliss-reactive ketones (excluding diaryl/α,β-unsaturated/α-hetero) is 1. The number of amides is 1.